The lowest BCUT2D eigenvalue weighted by Gasteiger charge is -2.35. The summed E-state index contributed by atoms with van der Waals surface area (Å²) in [6.45, 7) is 2.26. The molecule has 2 aliphatic rings. The van der Waals surface area contributed by atoms with E-state index in [1.807, 2.05) is 30.3 Å². The molecule has 0 saturated carbocycles. The number of allylic oxidation sites excluding steroid dienone is 1. The number of anilines is 1. The van der Waals surface area contributed by atoms with Crippen LogP contribution in [0.5, 0.6) is 11.5 Å². The summed E-state index contributed by atoms with van der Waals surface area (Å²) in [6.07, 6.45) is 0. The maximum atomic E-state index is 13.1. The number of nitrogens with one attached hydrogen (secondary N) is 1. The molecule has 0 radical (unpaired) electrons. The van der Waals surface area contributed by atoms with Crippen molar-refractivity contribution in [2.24, 2.45) is 0 Å². The number of methoxy groups -OCH3 is 1. The molecule has 2 heterocycles. The van der Waals surface area contributed by atoms with E-state index >= 15 is 0 Å². The number of benzene rings is 2. The van der Waals surface area contributed by atoms with Gasteiger partial charge >= 0.3 is 12.0 Å². The number of esters is 1. The minimum atomic E-state index is -0.626. The normalized spacial score (nSPS) is 17.7. The van der Waals surface area contributed by atoms with Crippen molar-refractivity contribution in [1.82, 2.24) is 5.32 Å². The molecule has 2 aromatic carbocycles. The molecule has 2 aromatic rings. The summed E-state index contributed by atoms with van der Waals surface area (Å²) < 4.78 is 21.1. The van der Waals surface area contributed by atoms with E-state index in [0.717, 1.165) is 5.56 Å². The molecular weight excluding hydrogens is 388 g/mol. The summed E-state index contributed by atoms with van der Waals surface area (Å²) in [6, 6.07) is 13.5. The molecule has 8 heteroatoms. The van der Waals surface area contributed by atoms with Gasteiger partial charge in [-0.05, 0) is 24.6 Å². The van der Waals surface area contributed by atoms with Crippen molar-refractivity contribution in [2.45, 2.75) is 13.0 Å². The molecule has 30 heavy (non-hydrogen) atoms. The molecule has 0 aliphatic carbocycles. The summed E-state index contributed by atoms with van der Waals surface area (Å²) >= 11 is 0. The molecule has 0 fully saturated rings. The first-order valence-electron chi connectivity index (χ1n) is 9.52. The van der Waals surface area contributed by atoms with Gasteiger partial charge in [-0.15, -0.1) is 0 Å². The Morgan fingerprint density at radius 1 is 1.13 bits per heavy atom. The smallest absolute Gasteiger partial charge is 0.338 e. The monoisotopic (exact) mass is 410 g/mol. The molecule has 1 N–H and O–H groups in total. The van der Waals surface area contributed by atoms with Gasteiger partial charge in [0.2, 0.25) is 6.79 Å². The van der Waals surface area contributed by atoms with Crippen LogP contribution in [0.3, 0.4) is 0 Å². The van der Waals surface area contributed by atoms with Crippen molar-refractivity contribution in [3.05, 3.63) is 65.4 Å². The van der Waals surface area contributed by atoms with Gasteiger partial charge in [-0.3, -0.25) is 4.90 Å². The number of nitrogens with zero attached hydrogens (tertiary/aromatic N) is 1. The molecular formula is C22H22N2O6. The molecule has 2 aliphatic heterocycles. The lowest BCUT2D eigenvalue weighted by Crippen LogP contribution is -2.48. The quantitative estimate of drug-likeness (QED) is 0.582. The van der Waals surface area contributed by atoms with Crippen molar-refractivity contribution in [2.75, 3.05) is 32.0 Å². The first kappa shape index (κ1) is 19.8. The van der Waals surface area contributed by atoms with Crippen LogP contribution in [-0.4, -0.2) is 39.1 Å². The van der Waals surface area contributed by atoms with Crippen LogP contribution in [0.25, 0.3) is 0 Å². The molecule has 0 unspecified atom stereocenters. The average Bonchev–Trinajstić information content (AvgIpc) is 3.22. The lowest BCUT2D eigenvalue weighted by atomic mass is 9.94. The van der Waals surface area contributed by atoms with Crippen molar-refractivity contribution in [1.29, 1.82) is 0 Å². The van der Waals surface area contributed by atoms with Gasteiger partial charge in [-0.2, -0.15) is 0 Å². The van der Waals surface area contributed by atoms with Crippen LogP contribution in [0.1, 0.15) is 18.5 Å². The summed E-state index contributed by atoms with van der Waals surface area (Å²) in [7, 11) is 1.54. The molecule has 0 spiro atoms. The average molecular weight is 410 g/mol. The zero-order chi connectivity index (χ0) is 21.1. The number of hydrogen-bond acceptors (Lipinski definition) is 6. The zero-order valence-corrected chi connectivity index (χ0v) is 16.7. The van der Waals surface area contributed by atoms with Crippen molar-refractivity contribution < 1.29 is 28.5 Å². The number of ether oxygens (including phenoxy) is 4. The van der Waals surface area contributed by atoms with Crippen molar-refractivity contribution in [3.8, 4) is 11.5 Å². The van der Waals surface area contributed by atoms with Crippen LogP contribution in [0.4, 0.5) is 10.5 Å². The Morgan fingerprint density at radius 2 is 1.90 bits per heavy atom. The van der Waals surface area contributed by atoms with Gasteiger partial charge < -0.3 is 24.3 Å². The van der Waals surface area contributed by atoms with Crippen LogP contribution in [0, 0.1) is 0 Å². The van der Waals surface area contributed by atoms with Gasteiger partial charge in [0.25, 0.3) is 0 Å². The molecule has 2 amide bonds. The fourth-order valence-electron chi connectivity index (χ4n) is 3.53. The molecule has 0 bridgehead atoms. The summed E-state index contributed by atoms with van der Waals surface area (Å²) in [5, 5.41) is 2.93. The maximum Gasteiger partial charge on any atom is 0.338 e. The van der Waals surface area contributed by atoms with Gasteiger partial charge in [-0.25, -0.2) is 9.59 Å². The first-order valence-corrected chi connectivity index (χ1v) is 9.52. The largest absolute Gasteiger partial charge is 0.460 e. The minimum Gasteiger partial charge on any atom is -0.460 e. The number of carbonyl (C=O) groups excluding carboxylic acids is 2. The fraction of sp³-hybridized carbons (Fsp3) is 0.273. The number of carbonyl (C=O) groups is 2. The van der Waals surface area contributed by atoms with Crippen LogP contribution < -0.4 is 19.7 Å². The van der Waals surface area contributed by atoms with Gasteiger partial charge in [0.15, 0.2) is 11.5 Å². The Labute approximate surface area is 174 Å². The highest BCUT2D eigenvalue weighted by Crippen LogP contribution is 2.39. The van der Waals surface area contributed by atoms with Crippen LogP contribution in [0.15, 0.2) is 59.8 Å². The lowest BCUT2D eigenvalue weighted by molar-refractivity contribution is -0.140. The number of amides is 2. The summed E-state index contributed by atoms with van der Waals surface area (Å²) in [5.74, 6) is 0.644. The maximum absolute atomic E-state index is 13.1. The highest BCUT2D eigenvalue weighted by Gasteiger charge is 2.37. The van der Waals surface area contributed by atoms with Gasteiger partial charge in [-0.1, -0.05) is 30.3 Å². The molecule has 1 atom stereocenters. The Kier molecular flexibility index (Phi) is 5.58. The van der Waals surface area contributed by atoms with Crippen molar-refractivity contribution >= 4 is 17.7 Å². The molecule has 0 saturated heterocycles. The van der Waals surface area contributed by atoms with E-state index in [1.54, 1.807) is 25.1 Å². The van der Waals surface area contributed by atoms with Gasteiger partial charge in [0.1, 0.15) is 6.61 Å². The van der Waals surface area contributed by atoms with Gasteiger partial charge in [0.05, 0.1) is 23.9 Å². The van der Waals surface area contributed by atoms with Gasteiger partial charge in [0, 0.05) is 18.9 Å². The summed E-state index contributed by atoms with van der Waals surface area (Å²) in [5.41, 5.74) is 2.18. The Morgan fingerprint density at radius 3 is 2.67 bits per heavy atom. The van der Waals surface area contributed by atoms with E-state index in [-0.39, 0.29) is 26.0 Å². The van der Waals surface area contributed by atoms with E-state index in [1.165, 1.54) is 12.0 Å². The second kappa shape index (κ2) is 8.46. The Balaban J connectivity index is 1.75. The molecule has 8 nitrogen and oxygen atoms in total. The second-order valence-corrected chi connectivity index (χ2v) is 6.79. The van der Waals surface area contributed by atoms with Crippen LogP contribution in [0.2, 0.25) is 0 Å². The predicted octanol–water partition coefficient (Wildman–Crippen LogP) is 3.15. The summed E-state index contributed by atoms with van der Waals surface area (Å²) in [4.78, 5) is 27.5. The van der Waals surface area contributed by atoms with E-state index in [2.05, 4.69) is 5.32 Å². The molecule has 4 rings (SSSR count). The topological polar surface area (TPSA) is 86.3 Å². The van der Waals surface area contributed by atoms with E-state index < -0.39 is 12.0 Å². The third-order valence-electron chi connectivity index (χ3n) is 4.97. The first-order chi connectivity index (χ1) is 14.6. The minimum absolute atomic E-state index is 0.117. The number of fused-ring (bicyclic) bond motifs is 1. The number of rotatable bonds is 6. The van der Waals surface area contributed by atoms with Crippen LogP contribution >= 0.6 is 0 Å². The fourth-order valence-corrected chi connectivity index (χ4v) is 3.53. The molecule has 0 aromatic heterocycles. The second-order valence-electron chi connectivity index (χ2n) is 6.79. The van der Waals surface area contributed by atoms with Crippen molar-refractivity contribution in [3.63, 3.8) is 0 Å². The SMILES string of the molecule is COCCOC(=O)C1=C(C)N(c2ccc3c(c2)OCO3)C(=O)N[C@@H]1c1ccccc1. The standard InChI is InChI=1S/C22H22N2O6/c1-14-19(21(25)28-11-10-27-2)20(15-6-4-3-5-7-15)23-22(26)24(14)16-8-9-17-18(12-16)30-13-29-17/h3-9,12,20H,10-11,13H2,1-2H3,(H,23,26)/t20-/m1/s1. The van der Waals surface area contributed by atoms with E-state index in [4.69, 9.17) is 18.9 Å². The predicted molar refractivity (Wildman–Crippen MR) is 108 cm³/mol. The van der Waals surface area contributed by atoms with E-state index in [9.17, 15) is 9.59 Å². The number of urea groups is 1. The number of hydrogen-bond donors (Lipinski definition) is 1. The zero-order valence-electron chi connectivity index (χ0n) is 16.7. The molecule has 156 valence electrons. The Hall–Kier alpha value is -3.52. The highest BCUT2D eigenvalue weighted by molar-refractivity contribution is 6.03. The van der Waals surface area contributed by atoms with Crippen LogP contribution in [-0.2, 0) is 14.3 Å². The Bertz CT molecular complexity index is 988. The highest BCUT2D eigenvalue weighted by atomic mass is 16.7. The third-order valence-corrected chi connectivity index (χ3v) is 4.97. The third kappa shape index (κ3) is 3.69. The van der Waals surface area contributed by atoms with E-state index in [0.29, 0.717) is 28.5 Å².